The van der Waals surface area contributed by atoms with Gasteiger partial charge in [-0.05, 0) is 37.2 Å². The summed E-state index contributed by atoms with van der Waals surface area (Å²) in [6, 6.07) is 5.59. The molecule has 1 atom stereocenters. The van der Waals surface area contributed by atoms with E-state index < -0.39 is 0 Å². The molecule has 1 aliphatic heterocycles. The Labute approximate surface area is 135 Å². The Hall–Kier alpha value is -1.86. The fourth-order valence-corrected chi connectivity index (χ4v) is 2.36. The minimum atomic E-state index is 0.238. The van der Waals surface area contributed by atoms with E-state index in [9.17, 15) is 0 Å². The number of thiocarbonyl (C=S) groups is 1. The number of methoxy groups -OCH3 is 2. The highest BCUT2D eigenvalue weighted by atomic mass is 32.1. The molecule has 1 aliphatic rings. The van der Waals surface area contributed by atoms with Crippen LogP contribution in [0.5, 0.6) is 11.5 Å². The van der Waals surface area contributed by atoms with Crippen molar-refractivity contribution in [1.29, 1.82) is 0 Å². The van der Waals surface area contributed by atoms with Crippen LogP contribution in [0.3, 0.4) is 0 Å². The van der Waals surface area contributed by atoms with E-state index in [4.69, 9.17) is 26.4 Å². The molecule has 1 heterocycles. The first kappa shape index (κ1) is 16.5. The second-order valence-corrected chi connectivity index (χ2v) is 5.21. The van der Waals surface area contributed by atoms with Gasteiger partial charge in [0.05, 0.1) is 26.5 Å². The highest BCUT2D eigenvalue weighted by Gasteiger charge is 2.15. The van der Waals surface area contributed by atoms with Crippen LogP contribution in [0.25, 0.3) is 0 Å². The van der Waals surface area contributed by atoms with Crippen LogP contribution in [0.1, 0.15) is 18.4 Å². The molecule has 0 aromatic heterocycles. The van der Waals surface area contributed by atoms with E-state index in [0.717, 1.165) is 25.0 Å². The molecule has 0 spiro atoms. The Bertz CT molecular complexity index is 531. The van der Waals surface area contributed by atoms with Gasteiger partial charge in [-0.2, -0.15) is 5.10 Å². The third-order valence-corrected chi connectivity index (χ3v) is 3.55. The zero-order chi connectivity index (χ0) is 15.8. The van der Waals surface area contributed by atoms with Gasteiger partial charge in [-0.3, -0.25) is 5.43 Å². The summed E-state index contributed by atoms with van der Waals surface area (Å²) < 4.78 is 16.1. The lowest BCUT2D eigenvalue weighted by molar-refractivity contribution is 0.114. The molecule has 22 heavy (non-hydrogen) atoms. The maximum absolute atomic E-state index is 5.51. The summed E-state index contributed by atoms with van der Waals surface area (Å²) in [6.07, 6.45) is 4.06. The number of ether oxygens (including phenoxy) is 3. The molecule has 0 radical (unpaired) electrons. The third-order valence-electron chi connectivity index (χ3n) is 3.32. The van der Waals surface area contributed by atoms with E-state index in [1.54, 1.807) is 20.4 Å². The van der Waals surface area contributed by atoms with Crippen molar-refractivity contribution >= 4 is 23.5 Å². The van der Waals surface area contributed by atoms with Gasteiger partial charge in [-0.1, -0.05) is 6.07 Å². The van der Waals surface area contributed by atoms with Crippen molar-refractivity contribution in [3.05, 3.63) is 23.8 Å². The van der Waals surface area contributed by atoms with Crippen LogP contribution in [0.15, 0.2) is 23.3 Å². The molecule has 1 aromatic carbocycles. The summed E-state index contributed by atoms with van der Waals surface area (Å²) in [5.41, 5.74) is 3.58. The van der Waals surface area contributed by atoms with Crippen LogP contribution in [-0.2, 0) is 4.74 Å². The third kappa shape index (κ3) is 4.57. The first-order chi connectivity index (χ1) is 10.7. The molecule has 0 saturated carbocycles. The number of hydrogen-bond acceptors (Lipinski definition) is 5. The SMILES string of the molecule is COc1cccc(/C=N\NC(=S)NC[C@@H]2CCCO2)c1OC. The van der Waals surface area contributed by atoms with Gasteiger partial charge in [0.15, 0.2) is 16.6 Å². The number of para-hydroxylation sites is 1. The monoisotopic (exact) mass is 323 g/mol. The van der Waals surface area contributed by atoms with Crippen LogP contribution in [0.4, 0.5) is 0 Å². The molecule has 0 aliphatic carbocycles. The van der Waals surface area contributed by atoms with Crippen LogP contribution >= 0.6 is 12.2 Å². The summed E-state index contributed by atoms with van der Waals surface area (Å²) >= 11 is 5.17. The Morgan fingerprint density at radius 1 is 1.45 bits per heavy atom. The molecule has 120 valence electrons. The van der Waals surface area contributed by atoms with E-state index in [-0.39, 0.29) is 6.10 Å². The van der Waals surface area contributed by atoms with Crippen LogP contribution < -0.4 is 20.2 Å². The molecule has 1 aromatic rings. The summed E-state index contributed by atoms with van der Waals surface area (Å²) in [5, 5.41) is 7.67. The Morgan fingerprint density at radius 2 is 2.32 bits per heavy atom. The van der Waals surface area contributed by atoms with Crippen LogP contribution in [0, 0.1) is 0 Å². The van der Waals surface area contributed by atoms with Gasteiger partial charge in [-0.15, -0.1) is 0 Å². The highest BCUT2D eigenvalue weighted by Crippen LogP contribution is 2.29. The van der Waals surface area contributed by atoms with Gasteiger partial charge in [0.1, 0.15) is 0 Å². The standard InChI is InChI=1S/C15H21N3O3S/c1-19-13-7-3-5-11(14(13)20-2)9-17-18-15(22)16-10-12-6-4-8-21-12/h3,5,7,9,12H,4,6,8,10H2,1-2H3,(H2,16,18,22)/b17-9-/t12-/m0/s1. The zero-order valence-corrected chi connectivity index (χ0v) is 13.6. The van der Waals surface area contributed by atoms with Gasteiger partial charge in [-0.25, -0.2) is 0 Å². The Kier molecular flexibility index (Phi) is 6.42. The zero-order valence-electron chi connectivity index (χ0n) is 12.8. The Balaban J connectivity index is 1.85. The van der Waals surface area contributed by atoms with Crippen molar-refractivity contribution in [3.63, 3.8) is 0 Å². The molecule has 2 rings (SSSR count). The van der Waals surface area contributed by atoms with Crippen molar-refractivity contribution in [2.45, 2.75) is 18.9 Å². The van der Waals surface area contributed by atoms with Crippen LogP contribution in [0.2, 0.25) is 0 Å². The van der Waals surface area contributed by atoms with Gasteiger partial charge < -0.3 is 19.5 Å². The lowest BCUT2D eigenvalue weighted by atomic mass is 10.2. The van der Waals surface area contributed by atoms with E-state index in [1.807, 2.05) is 18.2 Å². The first-order valence-electron chi connectivity index (χ1n) is 7.14. The Morgan fingerprint density at radius 3 is 3.00 bits per heavy atom. The fourth-order valence-electron chi connectivity index (χ4n) is 2.23. The molecule has 0 unspecified atom stereocenters. The van der Waals surface area contributed by atoms with E-state index in [0.29, 0.717) is 23.2 Å². The van der Waals surface area contributed by atoms with Crippen LogP contribution in [-0.4, -0.2) is 44.8 Å². The van der Waals surface area contributed by atoms with Crippen molar-refractivity contribution in [3.8, 4) is 11.5 Å². The maximum atomic E-state index is 5.51. The number of hydrazone groups is 1. The molecule has 7 heteroatoms. The van der Waals surface area contributed by atoms with Gasteiger partial charge in [0.25, 0.3) is 0 Å². The minimum absolute atomic E-state index is 0.238. The molecule has 1 saturated heterocycles. The van der Waals surface area contributed by atoms with Crippen molar-refractivity contribution in [1.82, 2.24) is 10.7 Å². The molecule has 2 N–H and O–H groups in total. The van der Waals surface area contributed by atoms with E-state index >= 15 is 0 Å². The highest BCUT2D eigenvalue weighted by molar-refractivity contribution is 7.80. The van der Waals surface area contributed by atoms with Gasteiger partial charge in [0.2, 0.25) is 0 Å². The number of hydrogen-bond donors (Lipinski definition) is 2. The second kappa shape index (κ2) is 8.55. The fraction of sp³-hybridized carbons (Fsp3) is 0.467. The smallest absolute Gasteiger partial charge is 0.187 e. The summed E-state index contributed by atoms with van der Waals surface area (Å²) in [4.78, 5) is 0. The molecule has 0 bridgehead atoms. The van der Waals surface area contributed by atoms with E-state index in [1.165, 1.54) is 0 Å². The topological polar surface area (TPSA) is 64.1 Å². The average molecular weight is 323 g/mol. The quantitative estimate of drug-likeness (QED) is 0.472. The summed E-state index contributed by atoms with van der Waals surface area (Å²) in [5.74, 6) is 1.29. The average Bonchev–Trinajstić information content (AvgIpc) is 3.06. The minimum Gasteiger partial charge on any atom is -0.493 e. The molecule has 0 amide bonds. The predicted octanol–water partition coefficient (Wildman–Crippen LogP) is 1.68. The number of benzene rings is 1. The molecule has 6 nitrogen and oxygen atoms in total. The summed E-state index contributed by atoms with van der Waals surface area (Å²) in [7, 11) is 3.19. The lowest BCUT2D eigenvalue weighted by Crippen LogP contribution is -2.37. The maximum Gasteiger partial charge on any atom is 0.187 e. The lowest BCUT2D eigenvalue weighted by Gasteiger charge is -2.12. The second-order valence-electron chi connectivity index (χ2n) is 4.80. The molecule has 1 fully saturated rings. The van der Waals surface area contributed by atoms with Gasteiger partial charge >= 0.3 is 0 Å². The van der Waals surface area contributed by atoms with Gasteiger partial charge in [0, 0.05) is 18.7 Å². The molecular weight excluding hydrogens is 302 g/mol. The first-order valence-corrected chi connectivity index (χ1v) is 7.55. The van der Waals surface area contributed by atoms with Crippen molar-refractivity contribution in [2.24, 2.45) is 5.10 Å². The van der Waals surface area contributed by atoms with Crippen molar-refractivity contribution in [2.75, 3.05) is 27.4 Å². The number of nitrogens with one attached hydrogen (secondary N) is 2. The predicted molar refractivity (Wildman–Crippen MR) is 89.9 cm³/mol. The molecular formula is C15H21N3O3S. The van der Waals surface area contributed by atoms with E-state index in [2.05, 4.69) is 15.8 Å². The number of nitrogens with zero attached hydrogens (tertiary/aromatic N) is 1. The number of rotatable bonds is 6. The summed E-state index contributed by atoms with van der Waals surface area (Å²) in [6.45, 7) is 1.53. The van der Waals surface area contributed by atoms with Crippen molar-refractivity contribution < 1.29 is 14.2 Å². The largest absolute Gasteiger partial charge is 0.493 e. The normalized spacial score (nSPS) is 17.5.